The van der Waals surface area contributed by atoms with Crippen molar-refractivity contribution in [3.8, 4) is 6.07 Å². The van der Waals surface area contributed by atoms with Crippen LogP contribution in [0.1, 0.15) is 31.9 Å². The first-order valence-corrected chi connectivity index (χ1v) is 9.97. The van der Waals surface area contributed by atoms with Gasteiger partial charge in [-0.3, -0.25) is 9.69 Å². The molecule has 0 spiro atoms. The van der Waals surface area contributed by atoms with Crippen molar-refractivity contribution in [3.63, 3.8) is 0 Å². The number of hydrogen-bond acceptors (Lipinski definition) is 5. The Bertz CT molecular complexity index is 799. The van der Waals surface area contributed by atoms with Gasteiger partial charge in [0, 0.05) is 6.26 Å². The zero-order valence-corrected chi connectivity index (χ0v) is 16.0. The van der Waals surface area contributed by atoms with Crippen LogP contribution in [-0.2, 0) is 14.6 Å². The molecule has 0 heterocycles. The molecule has 0 saturated heterocycles. The van der Waals surface area contributed by atoms with Crippen molar-refractivity contribution < 1.29 is 26.4 Å². The van der Waals surface area contributed by atoms with Crippen LogP contribution >= 0.6 is 0 Å². The third-order valence-corrected chi connectivity index (χ3v) is 5.07. The van der Waals surface area contributed by atoms with E-state index in [1.807, 2.05) is 0 Å². The Morgan fingerprint density at radius 1 is 1.26 bits per heavy atom. The van der Waals surface area contributed by atoms with Gasteiger partial charge in [-0.05, 0) is 30.0 Å². The maximum absolute atomic E-state index is 13.9. The first-order valence-electron chi connectivity index (χ1n) is 8.07. The van der Waals surface area contributed by atoms with E-state index in [1.165, 1.54) is 0 Å². The lowest BCUT2D eigenvalue weighted by Crippen LogP contribution is -2.51. The van der Waals surface area contributed by atoms with Crippen molar-refractivity contribution in [2.45, 2.75) is 43.4 Å². The summed E-state index contributed by atoms with van der Waals surface area (Å²) in [6.07, 6.45) is -3.82. The third kappa shape index (κ3) is 6.22. The van der Waals surface area contributed by atoms with E-state index in [0.29, 0.717) is 0 Å². The molecule has 150 valence electrons. The fourth-order valence-electron chi connectivity index (χ4n) is 2.79. The molecule has 0 radical (unpaired) electrons. The molecule has 1 aromatic rings. The lowest BCUT2D eigenvalue weighted by atomic mass is 9.97. The predicted molar refractivity (Wildman–Crippen MR) is 93.1 cm³/mol. The molecule has 27 heavy (non-hydrogen) atoms. The topological polar surface area (TPSA) is 104 Å². The Morgan fingerprint density at radius 2 is 1.78 bits per heavy atom. The molecular formula is C17H22F3N3O3S. The summed E-state index contributed by atoms with van der Waals surface area (Å²) in [5, 5.41) is 9.02. The summed E-state index contributed by atoms with van der Waals surface area (Å²) < 4.78 is 64.6. The number of amides is 1. The molecule has 0 aliphatic rings. The van der Waals surface area contributed by atoms with Crippen molar-refractivity contribution in [2.24, 2.45) is 11.7 Å². The Labute approximate surface area is 156 Å². The Hall–Kier alpha value is -2.12. The molecule has 0 fully saturated rings. The van der Waals surface area contributed by atoms with Gasteiger partial charge in [-0.1, -0.05) is 26.0 Å². The van der Waals surface area contributed by atoms with Crippen LogP contribution in [0.25, 0.3) is 0 Å². The number of hydrogen-bond donors (Lipinski definition) is 1. The minimum Gasteiger partial charge on any atom is -0.368 e. The monoisotopic (exact) mass is 405 g/mol. The van der Waals surface area contributed by atoms with Crippen LogP contribution in [0.4, 0.5) is 13.2 Å². The molecular weight excluding hydrogens is 383 g/mol. The molecule has 2 atom stereocenters. The fraction of sp³-hybridized carbons (Fsp3) is 0.529. The van der Waals surface area contributed by atoms with Gasteiger partial charge in [-0.25, -0.2) is 8.42 Å². The van der Waals surface area contributed by atoms with Crippen LogP contribution < -0.4 is 5.73 Å². The van der Waals surface area contributed by atoms with Crippen LogP contribution in [0.3, 0.4) is 0 Å². The minimum absolute atomic E-state index is 0.0466. The molecule has 1 amide bonds. The van der Waals surface area contributed by atoms with Crippen molar-refractivity contribution in [1.29, 1.82) is 5.26 Å². The second-order valence-corrected chi connectivity index (χ2v) is 8.68. The molecule has 1 aromatic carbocycles. The summed E-state index contributed by atoms with van der Waals surface area (Å²) in [6, 6.07) is 2.28. The number of alkyl halides is 3. The second kappa shape index (κ2) is 8.71. The van der Waals surface area contributed by atoms with E-state index in [0.717, 1.165) is 35.4 Å². The zero-order chi connectivity index (χ0) is 21.0. The minimum atomic E-state index is -4.81. The quantitative estimate of drug-likeness (QED) is 0.669. The number of sulfone groups is 1. The molecule has 0 aromatic heterocycles. The Kier molecular flexibility index (Phi) is 7.40. The Morgan fingerprint density at radius 3 is 2.11 bits per heavy atom. The lowest BCUT2D eigenvalue weighted by Gasteiger charge is -2.37. The van der Waals surface area contributed by atoms with Gasteiger partial charge in [0.1, 0.15) is 6.04 Å². The normalized spacial score (nSPS) is 14.8. The maximum Gasteiger partial charge on any atom is 0.408 e. The highest BCUT2D eigenvalue weighted by Crippen LogP contribution is 2.39. The van der Waals surface area contributed by atoms with Crippen molar-refractivity contribution >= 4 is 15.7 Å². The van der Waals surface area contributed by atoms with E-state index in [1.54, 1.807) is 19.9 Å². The average molecular weight is 405 g/mol. The molecule has 0 aliphatic heterocycles. The number of nitriles is 1. The van der Waals surface area contributed by atoms with E-state index >= 15 is 0 Å². The summed E-state index contributed by atoms with van der Waals surface area (Å²) in [5.41, 5.74) is 5.04. The van der Waals surface area contributed by atoms with E-state index in [-0.39, 0.29) is 22.8 Å². The van der Waals surface area contributed by atoms with Gasteiger partial charge < -0.3 is 5.73 Å². The zero-order valence-electron chi connectivity index (χ0n) is 15.2. The summed E-state index contributed by atoms with van der Waals surface area (Å²) in [6.45, 7) is 2.78. The average Bonchev–Trinajstić information content (AvgIpc) is 2.50. The van der Waals surface area contributed by atoms with Gasteiger partial charge in [0.15, 0.2) is 9.84 Å². The van der Waals surface area contributed by atoms with Gasteiger partial charge in [0.25, 0.3) is 0 Å². The Balaban J connectivity index is 3.49. The van der Waals surface area contributed by atoms with Crippen molar-refractivity contribution in [1.82, 2.24) is 4.90 Å². The van der Waals surface area contributed by atoms with E-state index < -0.39 is 40.5 Å². The number of carbonyl (C=O) groups is 1. The smallest absolute Gasteiger partial charge is 0.368 e. The summed E-state index contributed by atoms with van der Waals surface area (Å²) in [5.74, 6) is -1.09. The molecule has 6 nitrogen and oxygen atoms in total. The molecule has 0 unspecified atom stereocenters. The van der Waals surface area contributed by atoms with E-state index in [9.17, 15) is 26.4 Å². The molecule has 0 bridgehead atoms. The molecule has 0 saturated carbocycles. The van der Waals surface area contributed by atoms with Gasteiger partial charge in [0.05, 0.1) is 23.6 Å². The predicted octanol–water partition coefficient (Wildman–Crippen LogP) is 2.42. The SMILES string of the molecule is CC(C)C[C@@H](C(N)=O)N(CC#N)[C@@H](c1ccc(S(C)(=O)=O)cc1)C(F)(F)F. The summed E-state index contributed by atoms with van der Waals surface area (Å²) >= 11 is 0. The largest absolute Gasteiger partial charge is 0.408 e. The number of carbonyl (C=O) groups excluding carboxylic acids is 1. The summed E-state index contributed by atoms with van der Waals surface area (Å²) in [4.78, 5) is 12.4. The van der Waals surface area contributed by atoms with Crippen LogP contribution in [0, 0.1) is 17.2 Å². The van der Waals surface area contributed by atoms with Crippen LogP contribution in [0.5, 0.6) is 0 Å². The van der Waals surface area contributed by atoms with Crippen molar-refractivity contribution in [3.05, 3.63) is 29.8 Å². The van der Waals surface area contributed by atoms with Crippen molar-refractivity contribution in [2.75, 3.05) is 12.8 Å². The van der Waals surface area contributed by atoms with Gasteiger partial charge in [-0.15, -0.1) is 0 Å². The number of benzene rings is 1. The molecule has 0 aliphatic carbocycles. The first kappa shape index (κ1) is 22.9. The summed E-state index contributed by atoms with van der Waals surface area (Å²) in [7, 11) is -3.58. The highest BCUT2D eigenvalue weighted by molar-refractivity contribution is 7.90. The number of nitrogens with zero attached hydrogens (tertiary/aromatic N) is 2. The third-order valence-electron chi connectivity index (χ3n) is 3.94. The number of halogens is 3. The second-order valence-electron chi connectivity index (χ2n) is 6.66. The molecule has 2 N–H and O–H groups in total. The maximum atomic E-state index is 13.9. The lowest BCUT2D eigenvalue weighted by molar-refractivity contribution is -0.192. The van der Waals surface area contributed by atoms with Gasteiger partial charge in [-0.2, -0.15) is 18.4 Å². The standard InChI is InChI=1S/C17H22F3N3O3S/c1-11(2)10-14(16(22)24)23(9-8-21)15(17(18,19)20)12-4-6-13(7-5-12)27(3,25)26/h4-7,11,14-15H,9-10H2,1-3H3,(H2,22,24)/t14-,15-/m0/s1. The number of rotatable bonds is 8. The number of primary amides is 1. The molecule has 1 rings (SSSR count). The number of nitrogens with two attached hydrogens (primary N) is 1. The van der Waals surface area contributed by atoms with E-state index in [2.05, 4.69) is 0 Å². The highest BCUT2D eigenvalue weighted by Gasteiger charge is 2.48. The first-order chi connectivity index (χ1) is 12.3. The molecule has 10 heteroatoms. The van der Waals surface area contributed by atoms with Crippen LogP contribution in [0.15, 0.2) is 29.2 Å². The fourth-order valence-corrected chi connectivity index (χ4v) is 3.42. The highest BCUT2D eigenvalue weighted by atomic mass is 32.2. The van der Waals surface area contributed by atoms with Crippen LogP contribution in [0.2, 0.25) is 0 Å². The van der Waals surface area contributed by atoms with Gasteiger partial charge in [0.2, 0.25) is 5.91 Å². The van der Waals surface area contributed by atoms with Crippen LogP contribution in [-0.4, -0.2) is 44.2 Å². The van der Waals surface area contributed by atoms with E-state index in [4.69, 9.17) is 11.0 Å². The van der Waals surface area contributed by atoms with Gasteiger partial charge >= 0.3 is 6.18 Å².